The van der Waals surface area contributed by atoms with Gasteiger partial charge in [-0.3, -0.25) is 14.6 Å². The predicted molar refractivity (Wildman–Crippen MR) is 100 cm³/mol. The molecule has 2 rings (SSSR count). The van der Waals surface area contributed by atoms with Crippen LogP contribution in [0.2, 0.25) is 10.0 Å². The number of hydrogen-bond donors (Lipinski definition) is 1. The van der Waals surface area contributed by atoms with Gasteiger partial charge in [0, 0.05) is 23.5 Å². The summed E-state index contributed by atoms with van der Waals surface area (Å²) in [6.45, 7) is 4.17. The van der Waals surface area contributed by atoms with Gasteiger partial charge in [0.15, 0.2) is 0 Å². The quantitative estimate of drug-likeness (QED) is 0.818. The number of halogens is 2. The molecule has 0 spiro atoms. The van der Waals surface area contributed by atoms with Gasteiger partial charge in [-0.15, -0.1) is 0 Å². The van der Waals surface area contributed by atoms with Gasteiger partial charge in [0.2, 0.25) is 5.91 Å². The molecule has 2 amide bonds. The summed E-state index contributed by atoms with van der Waals surface area (Å²) in [5.74, 6) is -0.576. The predicted octanol–water partition coefficient (Wildman–Crippen LogP) is 4.19. The lowest BCUT2D eigenvalue weighted by Crippen LogP contribution is -2.38. The highest BCUT2D eigenvalue weighted by molar-refractivity contribution is 6.35. The minimum absolute atomic E-state index is 0.0800. The third-order valence-corrected chi connectivity index (χ3v) is 4.04. The fourth-order valence-electron chi connectivity index (χ4n) is 2.26. The lowest BCUT2D eigenvalue weighted by Gasteiger charge is -2.21. The summed E-state index contributed by atoms with van der Waals surface area (Å²) in [6.07, 6.45) is 2.25. The topological polar surface area (TPSA) is 62.3 Å². The van der Waals surface area contributed by atoms with E-state index in [1.54, 1.807) is 30.3 Å². The molecule has 25 heavy (non-hydrogen) atoms. The second kappa shape index (κ2) is 8.83. The van der Waals surface area contributed by atoms with Crippen molar-refractivity contribution in [2.45, 2.75) is 20.3 Å². The van der Waals surface area contributed by atoms with Crippen molar-refractivity contribution in [3.05, 3.63) is 57.8 Å². The fourth-order valence-corrected chi connectivity index (χ4v) is 2.59. The van der Waals surface area contributed by atoms with Gasteiger partial charge in [0.1, 0.15) is 6.54 Å². The molecule has 0 aliphatic carbocycles. The number of hydrogen-bond acceptors (Lipinski definition) is 3. The van der Waals surface area contributed by atoms with Gasteiger partial charge < -0.3 is 10.2 Å². The van der Waals surface area contributed by atoms with E-state index in [-0.39, 0.29) is 18.4 Å². The Morgan fingerprint density at radius 2 is 1.96 bits per heavy atom. The van der Waals surface area contributed by atoms with Crippen LogP contribution in [0.4, 0.5) is 5.69 Å². The van der Waals surface area contributed by atoms with Crippen molar-refractivity contribution < 1.29 is 9.59 Å². The molecule has 2 aromatic rings. The molecule has 0 fully saturated rings. The van der Waals surface area contributed by atoms with Crippen LogP contribution < -0.4 is 5.32 Å². The fraction of sp³-hybridized carbons (Fsp3) is 0.278. The number of aromatic nitrogens is 1. The highest BCUT2D eigenvalue weighted by atomic mass is 35.5. The van der Waals surface area contributed by atoms with Gasteiger partial charge in [-0.25, -0.2) is 0 Å². The van der Waals surface area contributed by atoms with Gasteiger partial charge >= 0.3 is 0 Å². The van der Waals surface area contributed by atoms with Gasteiger partial charge in [0.05, 0.1) is 16.3 Å². The highest BCUT2D eigenvalue weighted by Gasteiger charge is 2.19. The van der Waals surface area contributed by atoms with E-state index in [0.717, 1.165) is 12.1 Å². The SMILES string of the molecule is CCCN(CC(=O)Nc1cc(Cl)ccc1Cl)C(=O)c1ccc(C)nc1. The van der Waals surface area contributed by atoms with Crippen molar-refractivity contribution in [2.75, 3.05) is 18.4 Å². The van der Waals surface area contributed by atoms with Gasteiger partial charge in [0.25, 0.3) is 5.91 Å². The number of rotatable bonds is 6. The Kier molecular flexibility index (Phi) is 6.79. The standard InChI is InChI=1S/C18H19Cl2N3O2/c1-3-8-23(18(25)13-5-4-12(2)21-10-13)11-17(24)22-16-9-14(19)6-7-15(16)20/h4-7,9-10H,3,8,11H2,1-2H3,(H,22,24). The van der Waals surface area contributed by atoms with E-state index in [2.05, 4.69) is 10.3 Å². The normalized spacial score (nSPS) is 10.4. The number of nitrogens with one attached hydrogen (secondary N) is 1. The van der Waals surface area contributed by atoms with Crippen molar-refractivity contribution >= 4 is 40.7 Å². The average Bonchev–Trinajstić information content (AvgIpc) is 2.58. The molecule has 0 unspecified atom stereocenters. The lowest BCUT2D eigenvalue weighted by atomic mass is 10.2. The van der Waals surface area contributed by atoms with E-state index < -0.39 is 0 Å². The van der Waals surface area contributed by atoms with Crippen LogP contribution in [-0.2, 0) is 4.79 Å². The zero-order valence-electron chi connectivity index (χ0n) is 14.1. The Morgan fingerprint density at radius 3 is 2.60 bits per heavy atom. The third kappa shape index (κ3) is 5.44. The third-order valence-electron chi connectivity index (χ3n) is 3.48. The molecule has 1 heterocycles. The molecule has 0 radical (unpaired) electrons. The minimum atomic E-state index is -0.342. The molecule has 1 aromatic heterocycles. The van der Waals surface area contributed by atoms with Crippen LogP contribution in [0.1, 0.15) is 29.4 Å². The molecule has 132 valence electrons. The lowest BCUT2D eigenvalue weighted by molar-refractivity contribution is -0.116. The Morgan fingerprint density at radius 1 is 1.20 bits per heavy atom. The van der Waals surface area contributed by atoms with Crippen LogP contribution in [0, 0.1) is 6.92 Å². The summed E-state index contributed by atoms with van der Waals surface area (Å²) in [5.41, 5.74) is 1.69. The van der Waals surface area contributed by atoms with Crippen LogP contribution in [0.5, 0.6) is 0 Å². The molecule has 0 aliphatic rings. The number of nitrogens with zero attached hydrogens (tertiary/aromatic N) is 2. The first-order valence-corrected chi connectivity index (χ1v) is 8.63. The second-order valence-electron chi connectivity index (χ2n) is 5.59. The molecule has 0 bridgehead atoms. The summed E-state index contributed by atoms with van der Waals surface area (Å²) in [7, 11) is 0. The highest BCUT2D eigenvalue weighted by Crippen LogP contribution is 2.25. The van der Waals surface area contributed by atoms with Gasteiger partial charge in [-0.05, 0) is 43.7 Å². The van der Waals surface area contributed by atoms with E-state index in [4.69, 9.17) is 23.2 Å². The summed E-state index contributed by atoms with van der Waals surface area (Å²) in [4.78, 5) is 30.6. The molecule has 0 saturated heterocycles. The maximum Gasteiger partial charge on any atom is 0.255 e. The Balaban J connectivity index is 2.09. The van der Waals surface area contributed by atoms with Crippen molar-refractivity contribution in [2.24, 2.45) is 0 Å². The van der Waals surface area contributed by atoms with E-state index in [1.165, 1.54) is 11.1 Å². The summed E-state index contributed by atoms with van der Waals surface area (Å²) in [6, 6.07) is 8.28. The number of pyridine rings is 1. The van der Waals surface area contributed by atoms with Crippen LogP contribution in [-0.4, -0.2) is 34.8 Å². The minimum Gasteiger partial charge on any atom is -0.329 e. The maximum atomic E-state index is 12.6. The first-order valence-electron chi connectivity index (χ1n) is 7.87. The number of anilines is 1. The Hall–Kier alpha value is -2.11. The van der Waals surface area contributed by atoms with Crippen LogP contribution in [0.15, 0.2) is 36.5 Å². The zero-order valence-corrected chi connectivity index (χ0v) is 15.6. The van der Waals surface area contributed by atoms with Crippen LogP contribution >= 0.6 is 23.2 Å². The number of amides is 2. The number of aryl methyl sites for hydroxylation is 1. The molecule has 0 saturated carbocycles. The molecule has 1 aromatic carbocycles. The van der Waals surface area contributed by atoms with Crippen LogP contribution in [0.25, 0.3) is 0 Å². The van der Waals surface area contributed by atoms with Crippen LogP contribution in [0.3, 0.4) is 0 Å². The molecular formula is C18H19Cl2N3O2. The van der Waals surface area contributed by atoms with E-state index in [1.807, 2.05) is 13.8 Å². The summed E-state index contributed by atoms with van der Waals surface area (Å²) in [5, 5.41) is 3.54. The number of benzene rings is 1. The first-order chi connectivity index (χ1) is 11.9. The van der Waals surface area contributed by atoms with E-state index >= 15 is 0 Å². The average molecular weight is 380 g/mol. The van der Waals surface area contributed by atoms with E-state index in [0.29, 0.717) is 27.8 Å². The molecule has 7 heteroatoms. The van der Waals surface area contributed by atoms with Crippen molar-refractivity contribution in [3.63, 3.8) is 0 Å². The Bertz CT molecular complexity index is 763. The monoisotopic (exact) mass is 379 g/mol. The molecule has 0 atom stereocenters. The second-order valence-corrected chi connectivity index (χ2v) is 6.43. The first kappa shape index (κ1) is 19.2. The van der Waals surface area contributed by atoms with E-state index in [9.17, 15) is 9.59 Å². The number of carbonyl (C=O) groups is 2. The largest absolute Gasteiger partial charge is 0.329 e. The van der Waals surface area contributed by atoms with Crippen molar-refractivity contribution in [1.29, 1.82) is 0 Å². The molecule has 1 N–H and O–H groups in total. The Labute approximate surface area is 157 Å². The zero-order chi connectivity index (χ0) is 18.4. The summed E-state index contributed by atoms with van der Waals surface area (Å²) < 4.78 is 0. The molecule has 5 nitrogen and oxygen atoms in total. The molecular weight excluding hydrogens is 361 g/mol. The summed E-state index contributed by atoms with van der Waals surface area (Å²) >= 11 is 12.0. The molecule has 0 aliphatic heterocycles. The van der Waals surface area contributed by atoms with Crippen molar-refractivity contribution in [3.8, 4) is 0 Å². The van der Waals surface area contributed by atoms with Crippen molar-refractivity contribution in [1.82, 2.24) is 9.88 Å². The number of carbonyl (C=O) groups excluding carboxylic acids is 2. The van der Waals surface area contributed by atoms with Gasteiger partial charge in [-0.1, -0.05) is 30.1 Å². The van der Waals surface area contributed by atoms with Gasteiger partial charge in [-0.2, -0.15) is 0 Å². The smallest absolute Gasteiger partial charge is 0.255 e. The maximum absolute atomic E-state index is 12.6.